The largest absolute Gasteiger partial charge is 0.319 e. The van der Waals surface area contributed by atoms with Crippen LogP contribution in [0.1, 0.15) is 17.0 Å². The highest BCUT2D eigenvalue weighted by molar-refractivity contribution is 5.78. The smallest absolute Gasteiger partial charge is 0.0702 e. The van der Waals surface area contributed by atoms with Crippen molar-refractivity contribution in [3.8, 4) is 0 Å². The molecule has 0 saturated heterocycles. The highest BCUT2D eigenvalue weighted by Gasteiger charge is 2.11. The molecule has 2 heteroatoms. The van der Waals surface area contributed by atoms with E-state index in [0.29, 0.717) is 5.92 Å². The molecule has 3 aromatic rings. The van der Waals surface area contributed by atoms with Crippen molar-refractivity contribution in [2.45, 2.75) is 12.3 Å². The van der Waals surface area contributed by atoms with Crippen molar-refractivity contribution in [3.05, 3.63) is 78.0 Å². The Bertz CT molecular complexity index is 707. The van der Waals surface area contributed by atoms with Crippen molar-refractivity contribution in [2.75, 3.05) is 13.6 Å². The number of aromatic nitrogens is 1. The van der Waals surface area contributed by atoms with Gasteiger partial charge >= 0.3 is 0 Å². The Hall–Kier alpha value is -2.19. The van der Waals surface area contributed by atoms with Gasteiger partial charge in [-0.3, -0.25) is 4.98 Å². The van der Waals surface area contributed by atoms with E-state index < -0.39 is 0 Å². The summed E-state index contributed by atoms with van der Waals surface area (Å²) in [6, 6.07) is 21.4. The average Bonchev–Trinajstić information content (AvgIpc) is 2.55. The summed E-state index contributed by atoms with van der Waals surface area (Å²) in [5.74, 6) is 0.491. The van der Waals surface area contributed by atoms with Crippen LogP contribution in [0.5, 0.6) is 0 Å². The standard InChI is InChI=1S/C19H20N2/c1-20-14-18(16-6-3-2-4-7-16)13-15-9-10-19-17(12-15)8-5-11-21-19/h2-12,18,20H,13-14H2,1H3. The Balaban J connectivity index is 1.87. The second-order valence-corrected chi connectivity index (χ2v) is 5.40. The van der Waals surface area contributed by atoms with Gasteiger partial charge in [0.15, 0.2) is 0 Å². The monoisotopic (exact) mass is 276 g/mol. The van der Waals surface area contributed by atoms with E-state index in [1.165, 1.54) is 16.5 Å². The van der Waals surface area contributed by atoms with E-state index in [0.717, 1.165) is 18.5 Å². The molecular formula is C19H20N2. The fourth-order valence-corrected chi connectivity index (χ4v) is 2.82. The fourth-order valence-electron chi connectivity index (χ4n) is 2.82. The minimum atomic E-state index is 0.491. The van der Waals surface area contributed by atoms with E-state index in [2.05, 4.69) is 64.9 Å². The third kappa shape index (κ3) is 3.29. The van der Waals surface area contributed by atoms with E-state index in [9.17, 15) is 0 Å². The van der Waals surface area contributed by atoms with Crippen molar-refractivity contribution in [1.29, 1.82) is 0 Å². The maximum absolute atomic E-state index is 4.38. The van der Waals surface area contributed by atoms with Crippen LogP contribution >= 0.6 is 0 Å². The molecule has 0 amide bonds. The number of nitrogens with one attached hydrogen (secondary N) is 1. The molecule has 0 aliphatic heterocycles. The van der Waals surface area contributed by atoms with Gasteiger partial charge < -0.3 is 5.32 Å². The van der Waals surface area contributed by atoms with Gasteiger partial charge in [0, 0.05) is 24.0 Å². The third-order valence-corrected chi connectivity index (χ3v) is 3.87. The number of nitrogens with zero attached hydrogens (tertiary/aromatic N) is 1. The summed E-state index contributed by atoms with van der Waals surface area (Å²) in [4.78, 5) is 4.38. The number of hydrogen-bond acceptors (Lipinski definition) is 2. The Morgan fingerprint density at radius 2 is 1.86 bits per heavy atom. The highest BCUT2D eigenvalue weighted by Crippen LogP contribution is 2.22. The van der Waals surface area contributed by atoms with Gasteiger partial charge in [-0.2, -0.15) is 0 Å². The van der Waals surface area contributed by atoms with Crippen molar-refractivity contribution in [1.82, 2.24) is 10.3 Å². The topological polar surface area (TPSA) is 24.9 Å². The normalized spacial score (nSPS) is 12.4. The first-order valence-corrected chi connectivity index (χ1v) is 7.40. The molecule has 0 spiro atoms. The van der Waals surface area contributed by atoms with Gasteiger partial charge in [0.1, 0.15) is 0 Å². The van der Waals surface area contributed by atoms with Crippen LogP contribution in [0.3, 0.4) is 0 Å². The first-order valence-electron chi connectivity index (χ1n) is 7.40. The zero-order chi connectivity index (χ0) is 14.5. The zero-order valence-electron chi connectivity index (χ0n) is 12.3. The third-order valence-electron chi connectivity index (χ3n) is 3.87. The van der Waals surface area contributed by atoms with Crippen LogP contribution in [0, 0.1) is 0 Å². The zero-order valence-corrected chi connectivity index (χ0v) is 12.3. The van der Waals surface area contributed by atoms with E-state index in [4.69, 9.17) is 0 Å². The molecular weight excluding hydrogens is 256 g/mol. The van der Waals surface area contributed by atoms with E-state index in [1.54, 1.807) is 0 Å². The molecule has 1 aromatic heterocycles. The second kappa shape index (κ2) is 6.51. The summed E-state index contributed by atoms with van der Waals surface area (Å²) in [7, 11) is 2.01. The van der Waals surface area contributed by atoms with Crippen LogP contribution in [-0.4, -0.2) is 18.6 Å². The number of likely N-dealkylation sites (N-methyl/N-ethyl adjacent to an activating group) is 1. The predicted octanol–water partition coefficient (Wildman–Crippen LogP) is 3.78. The SMILES string of the molecule is CNCC(Cc1ccc2ncccc2c1)c1ccccc1. The lowest BCUT2D eigenvalue weighted by molar-refractivity contribution is 0.626. The number of rotatable bonds is 5. The first-order chi connectivity index (χ1) is 10.4. The van der Waals surface area contributed by atoms with Crippen LogP contribution in [0.4, 0.5) is 0 Å². The molecule has 106 valence electrons. The van der Waals surface area contributed by atoms with Gasteiger partial charge in [0.05, 0.1) is 5.52 Å². The lowest BCUT2D eigenvalue weighted by Gasteiger charge is -2.17. The van der Waals surface area contributed by atoms with Crippen molar-refractivity contribution < 1.29 is 0 Å². The molecule has 1 N–H and O–H groups in total. The minimum absolute atomic E-state index is 0.491. The Morgan fingerprint density at radius 3 is 2.67 bits per heavy atom. The summed E-state index contributed by atoms with van der Waals surface area (Å²) in [6.07, 6.45) is 2.88. The van der Waals surface area contributed by atoms with Gasteiger partial charge in [0.2, 0.25) is 0 Å². The van der Waals surface area contributed by atoms with E-state index in [-0.39, 0.29) is 0 Å². The van der Waals surface area contributed by atoms with Crippen molar-refractivity contribution in [2.24, 2.45) is 0 Å². The number of fused-ring (bicyclic) bond motifs is 1. The van der Waals surface area contributed by atoms with Gasteiger partial charge in [-0.25, -0.2) is 0 Å². The van der Waals surface area contributed by atoms with Crippen molar-refractivity contribution in [3.63, 3.8) is 0 Å². The van der Waals surface area contributed by atoms with Gasteiger partial charge in [-0.1, -0.05) is 42.5 Å². The number of benzene rings is 2. The van der Waals surface area contributed by atoms with Crippen LogP contribution in [-0.2, 0) is 6.42 Å². The van der Waals surface area contributed by atoms with Crippen LogP contribution in [0.2, 0.25) is 0 Å². The van der Waals surface area contributed by atoms with Gasteiger partial charge in [-0.15, -0.1) is 0 Å². The summed E-state index contributed by atoms with van der Waals surface area (Å²) < 4.78 is 0. The Morgan fingerprint density at radius 1 is 1.00 bits per heavy atom. The molecule has 1 unspecified atom stereocenters. The maximum Gasteiger partial charge on any atom is 0.0702 e. The Labute approximate surface area is 125 Å². The Kier molecular flexibility index (Phi) is 4.27. The average molecular weight is 276 g/mol. The molecule has 3 rings (SSSR count). The van der Waals surface area contributed by atoms with E-state index in [1.807, 2.05) is 19.3 Å². The summed E-state index contributed by atoms with van der Waals surface area (Å²) in [5.41, 5.74) is 3.81. The molecule has 21 heavy (non-hydrogen) atoms. The lowest BCUT2D eigenvalue weighted by atomic mass is 9.91. The fraction of sp³-hybridized carbons (Fsp3) is 0.211. The second-order valence-electron chi connectivity index (χ2n) is 5.40. The van der Waals surface area contributed by atoms with Gasteiger partial charge in [-0.05, 0) is 42.8 Å². The molecule has 2 aromatic carbocycles. The predicted molar refractivity (Wildman–Crippen MR) is 88.6 cm³/mol. The lowest BCUT2D eigenvalue weighted by Crippen LogP contribution is -2.19. The molecule has 2 nitrogen and oxygen atoms in total. The molecule has 0 aliphatic carbocycles. The number of hydrogen-bond donors (Lipinski definition) is 1. The summed E-state index contributed by atoms with van der Waals surface area (Å²) >= 11 is 0. The molecule has 0 fully saturated rings. The molecule has 0 aliphatic rings. The summed E-state index contributed by atoms with van der Waals surface area (Å²) in [6.45, 7) is 0.981. The number of pyridine rings is 1. The quantitative estimate of drug-likeness (QED) is 0.767. The van der Waals surface area contributed by atoms with Crippen molar-refractivity contribution >= 4 is 10.9 Å². The molecule has 0 saturated carbocycles. The highest BCUT2D eigenvalue weighted by atomic mass is 14.8. The summed E-state index contributed by atoms with van der Waals surface area (Å²) in [5, 5.41) is 4.53. The molecule has 0 radical (unpaired) electrons. The maximum atomic E-state index is 4.38. The molecule has 1 atom stereocenters. The van der Waals surface area contributed by atoms with Crippen LogP contribution < -0.4 is 5.32 Å². The minimum Gasteiger partial charge on any atom is -0.319 e. The first kappa shape index (κ1) is 13.8. The van der Waals surface area contributed by atoms with E-state index >= 15 is 0 Å². The van der Waals surface area contributed by atoms with Gasteiger partial charge in [0.25, 0.3) is 0 Å². The molecule has 1 heterocycles. The molecule has 0 bridgehead atoms. The van der Waals surface area contributed by atoms with Crippen LogP contribution in [0.15, 0.2) is 66.9 Å². The van der Waals surface area contributed by atoms with Crippen LogP contribution in [0.25, 0.3) is 10.9 Å².